The van der Waals surface area contributed by atoms with Crippen LogP contribution < -0.4 is 10.5 Å². The fourth-order valence-electron chi connectivity index (χ4n) is 5.07. The second kappa shape index (κ2) is 12.7. The summed E-state index contributed by atoms with van der Waals surface area (Å²) in [5.74, 6) is 1.12. The number of ether oxygens (including phenoxy) is 3. The molecule has 1 fully saturated rings. The third-order valence-electron chi connectivity index (χ3n) is 9.15. The standard InChI is InChI=1S/C32H53N3O6Si/c1-21(36)32(8,38-9)27-15-13-22-18-23(12-14-26(22)40-27)28(33)34-25-16-17-35(29(37)41-30(2,3)4)19-24(25)20-39-42(10,11)31(5,6)7/h12,14,18,24-25,27H,13,15-17,19-20H2,1-11H3,(H2,33,34)/t24-,25-,27+,32+/m0/s1. The number of amides is 1. The van der Waals surface area contributed by atoms with Crippen molar-refractivity contribution in [2.24, 2.45) is 16.6 Å². The van der Waals surface area contributed by atoms with Gasteiger partial charge < -0.3 is 29.3 Å². The van der Waals surface area contributed by atoms with Crippen molar-refractivity contribution in [1.82, 2.24) is 4.90 Å². The number of nitrogens with two attached hydrogens (primary N) is 1. The Balaban J connectivity index is 1.81. The molecular formula is C32H53N3O6Si. The van der Waals surface area contributed by atoms with Gasteiger partial charge in [-0.1, -0.05) is 20.8 Å². The zero-order valence-electron chi connectivity index (χ0n) is 27.6. The quantitative estimate of drug-likeness (QED) is 0.229. The average Bonchev–Trinajstić information content (AvgIpc) is 2.89. The number of Topliss-reactive ketones (excluding diaryl/α,β-unsaturated/α-hetero) is 1. The van der Waals surface area contributed by atoms with Crippen LogP contribution in [0.15, 0.2) is 23.2 Å². The highest BCUT2D eigenvalue weighted by molar-refractivity contribution is 6.74. The number of benzene rings is 1. The first-order valence-corrected chi connectivity index (χ1v) is 18.0. The molecule has 0 aromatic heterocycles. The Labute approximate surface area is 253 Å². The van der Waals surface area contributed by atoms with Crippen LogP contribution in [0.1, 0.15) is 79.4 Å². The largest absolute Gasteiger partial charge is 0.487 e. The number of ketones is 1. The third kappa shape index (κ3) is 7.93. The van der Waals surface area contributed by atoms with Crippen molar-refractivity contribution < 1.29 is 28.2 Å². The molecule has 0 saturated carbocycles. The van der Waals surface area contributed by atoms with E-state index in [4.69, 9.17) is 29.4 Å². The number of amidine groups is 1. The normalized spacial score (nSPS) is 23.5. The molecule has 2 heterocycles. The summed E-state index contributed by atoms with van der Waals surface area (Å²) in [6.45, 7) is 21.6. The fraction of sp³-hybridized carbons (Fsp3) is 0.719. The number of aliphatic imine (C=N–C) groups is 1. The molecule has 2 aliphatic rings. The maximum absolute atomic E-state index is 12.9. The zero-order valence-corrected chi connectivity index (χ0v) is 28.6. The number of methoxy groups -OCH3 is 1. The molecule has 1 saturated heterocycles. The number of hydrogen-bond donors (Lipinski definition) is 1. The zero-order chi connectivity index (χ0) is 31.7. The van der Waals surface area contributed by atoms with Crippen LogP contribution in [-0.4, -0.2) is 81.1 Å². The van der Waals surface area contributed by atoms with Crippen LogP contribution in [0, 0.1) is 5.92 Å². The monoisotopic (exact) mass is 603 g/mol. The van der Waals surface area contributed by atoms with E-state index in [1.165, 1.54) is 6.92 Å². The highest BCUT2D eigenvalue weighted by atomic mass is 28.4. The minimum atomic E-state index is -2.01. The lowest BCUT2D eigenvalue weighted by Gasteiger charge is -2.41. The topological polar surface area (TPSA) is 113 Å². The van der Waals surface area contributed by atoms with E-state index in [1.807, 2.05) is 39.0 Å². The minimum Gasteiger partial charge on any atom is -0.487 e. The molecule has 9 nitrogen and oxygen atoms in total. The molecule has 1 aromatic carbocycles. The Morgan fingerprint density at radius 2 is 1.79 bits per heavy atom. The molecule has 2 aliphatic heterocycles. The fourth-order valence-corrected chi connectivity index (χ4v) is 6.13. The van der Waals surface area contributed by atoms with Gasteiger partial charge in [0.2, 0.25) is 0 Å². The van der Waals surface area contributed by atoms with Crippen molar-refractivity contribution in [1.29, 1.82) is 0 Å². The molecule has 10 heteroatoms. The van der Waals surface area contributed by atoms with E-state index in [0.717, 1.165) is 23.3 Å². The number of hydrogen-bond acceptors (Lipinski definition) is 7. The van der Waals surface area contributed by atoms with Crippen molar-refractivity contribution in [3.8, 4) is 5.75 Å². The van der Waals surface area contributed by atoms with Crippen molar-refractivity contribution in [2.75, 3.05) is 26.8 Å². The molecule has 0 spiro atoms. The van der Waals surface area contributed by atoms with Crippen LogP contribution in [0.2, 0.25) is 18.1 Å². The van der Waals surface area contributed by atoms with Gasteiger partial charge >= 0.3 is 6.09 Å². The summed E-state index contributed by atoms with van der Waals surface area (Å²) < 4.78 is 24.1. The summed E-state index contributed by atoms with van der Waals surface area (Å²) in [5.41, 5.74) is 6.92. The summed E-state index contributed by atoms with van der Waals surface area (Å²) in [6, 6.07) is 5.75. The van der Waals surface area contributed by atoms with Crippen molar-refractivity contribution >= 4 is 26.0 Å². The third-order valence-corrected chi connectivity index (χ3v) is 13.7. The molecule has 4 atom stereocenters. The van der Waals surface area contributed by atoms with E-state index in [2.05, 4.69) is 33.9 Å². The van der Waals surface area contributed by atoms with Crippen LogP contribution in [0.4, 0.5) is 4.79 Å². The predicted molar refractivity (Wildman–Crippen MR) is 169 cm³/mol. The lowest BCUT2D eigenvalue weighted by molar-refractivity contribution is -0.149. The van der Waals surface area contributed by atoms with Gasteiger partial charge in [-0.2, -0.15) is 0 Å². The Hall–Kier alpha value is -2.43. The van der Waals surface area contributed by atoms with Crippen LogP contribution in [-0.2, 0) is 25.1 Å². The van der Waals surface area contributed by atoms with E-state index >= 15 is 0 Å². The first-order chi connectivity index (χ1) is 19.3. The highest BCUT2D eigenvalue weighted by Crippen LogP contribution is 2.38. The van der Waals surface area contributed by atoms with E-state index in [9.17, 15) is 9.59 Å². The van der Waals surface area contributed by atoms with E-state index in [0.29, 0.717) is 38.4 Å². The summed E-state index contributed by atoms with van der Waals surface area (Å²) in [6.07, 6.45) is 1.40. The van der Waals surface area contributed by atoms with Gasteiger partial charge in [0, 0.05) is 38.3 Å². The van der Waals surface area contributed by atoms with Crippen molar-refractivity contribution in [3.05, 3.63) is 29.3 Å². The Kier molecular flexibility index (Phi) is 10.3. The maximum Gasteiger partial charge on any atom is 0.410 e. The number of nitrogens with zero attached hydrogens (tertiary/aromatic N) is 2. The SMILES string of the molecule is CO[C@](C)(C(C)=O)[C@H]1CCc2cc(C(N)=N[C@H]3CCN(C(=O)OC(C)(C)C)C[C@H]3CO[Si](C)(C)C(C)(C)C)ccc2O1. The number of carbonyl (C=O) groups is 2. The molecule has 0 aliphatic carbocycles. The second-order valence-corrected chi connectivity index (χ2v) is 19.3. The van der Waals surface area contributed by atoms with Crippen LogP contribution in [0.5, 0.6) is 5.75 Å². The second-order valence-electron chi connectivity index (χ2n) is 14.5. The summed E-state index contributed by atoms with van der Waals surface area (Å²) in [7, 11) is -0.469. The number of rotatable bonds is 8. The molecule has 1 amide bonds. The van der Waals surface area contributed by atoms with Crippen LogP contribution >= 0.6 is 0 Å². The number of piperidine rings is 1. The first kappa shape index (κ1) is 34.1. The van der Waals surface area contributed by atoms with Crippen molar-refractivity contribution in [2.45, 2.75) is 116 Å². The number of likely N-dealkylation sites (tertiary alicyclic amines) is 1. The van der Waals surface area contributed by atoms with Gasteiger partial charge in [0.1, 0.15) is 23.3 Å². The smallest absolute Gasteiger partial charge is 0.410 e. The van der Waals surface area contributed by atoms with Crippen LogP contribution in [0.3, 0.4) is 0 Å². The van der Waals surface area contributed by atoms with Crippen molar-refractivity contribution in [3.63, 3.8) is 0 Å². The summed E-state index contributed by atoms with van der Waals surface area (Å²) in [4.78, 5) is 32.0. The Morgan fingerprint density at radius 1 is 1.12 bits per heavy atom. The molecule has 42 heavy (non-hydrogen) atoms. The highest BCUT2D eigenvalue weighted by Gasteiger charge is 2.43. The molecule has 1 aromatic rings. The first-order valence-electron chi connectivity index (χ1n) is 15.1. The minimum absolute atomic E-state index is 0.0148. The molecule has 236 valence electrons. The molecular weight excluding hydrogens is 550 g/mol. The van der Waals surface area contributed by atoms with Gasteiger partial charge in [-0.05, 0) is 95.8 Å². The molecule has 3 rings (SSSR count). The van der Waals surface area contributed by atoms with Gasteiger partial charge in [-0.25, -0.2) is 4.79 Å². The van der Waals surface area contributed by atoms with Gasteiger partial charge in [-0.3, -0.25) is 9.79 Å². The predicted octanol–water partition coefficient (Wildman–Crippen LogP) is 5.73. The maximum atomic E-state index is 12.9. The Morgan fingerprint density at radius 3 is 2.36 bits per heavy atom. The van der Waals surface area contributed by atoms with Gasteiger partial charge in [-0.15, -0.1) is 0 Å². The molecule has 0 bridgehead atoms. The van der Waals surface area contributed by atoms with E-state index < -0.39 is 19.5 Å². The van der Waals surface area contributed by atoms with Gasteiger partial charge in [0.25, 0.3) is 0 Å². The molecule has 2 N–H and O–H groups in total. The van der Waals surface area contributed by atoms with Crippen LogP contribution in [0.25, 0.3) is 0 Å². The lowest BCUT2D eigenvalue weighted by atomic mass is 9.87. The van der Waals surface area contributed by atoms with E-state index in [1.54, 1.807) is 18.9 Å². The number of aryl methyl sites for hydroxylation is 1. The number of carbonyl (C=O) groups excluding carboxylic acids is 2. The number of fused-ring (bicyclic) bond motifs is 1. The molecule has 0 radical (unpaired) electrons. The average molecular weight is 604 g/mol. The van der Waals surface area contributed by atoms with E-state index in [-0.39, 0.29) is 35.0 Å². The van der Waals surface area contributed by atoms with Gasteiger partial charge in [0.15, 0.2) is 19.7 Å². The summed E-state index contributed by atoms with van der Waals surface area (Å²) in [5, 5.41) is 0.0691. The van der Waals surface area contributed by atoms with Gasteiger partial charge in [0.05, 0.1) is 6.04 Å². The summed E-state index contributed by atoms with van der Waals surface area (Å²) >= 11 is 0. The Bertz CT molecular complexity index is 1170. The lowest BCUT2D eigenvalue weighted by Crippen LogP contribution is -2.51. The molecule has 0 unspecified atom stereocenters.